The van der Waals surface area contributed by atoms with Crippen molar-refractivity contribution < 1.29 is 8.42 Å². The van der Waals surface area contributed by atoms with Crippen LogP contribution in [0.1, 0.15) is 23.2 Å². The average Bonchev–Trinajstić information content (AvgIpc) is 2.64. The molecule has 3 rings (SSSR count). The highest BCUT2D eigenvalue weighted by atomic mass is 32.2. The Balaban J connectivity index is 2.24. The van der Waals surface area contributed by atoms with Crippen LogP contribution < -0.4 is 4.72 Å². The van der Waals surface area contributed by atoms with Crippen LogP contribution in [0, 0.1) is 0 Å². The van der Waals surface area contributed by atoms with Crippen molar-refractivity contribution in [3.05, 3.63) is 47.5 Å². The number of hydrogen-bond acceptors (Lipinski definition) is 3. The summed E-state index contributed by atoms with van der Waals surface area (Å²) < 4.78 is 26.2. The molecule has 0 heterocycles. The summed E-state index contributed by atoms with van der Waals surface area (Å²) in [5.74, 6) is 0. The first kappa shape index (κ1) is 13.5. The summed E-state index contributed by atoms with van der Waals surface area (Å²) >= 11 is 0. The van der Waals surface area contributed by atoms with Gasteiger partial charge in [-0.25, -0.2) is 13.1 Å². The number of likely N-dealkylation sites (N-methyl/N-ethyl adjacent to an activating group) is 1. The monoisotopic (exact) mass is 290 g/mol. The lowest BCUT2D eigenvalue weighted by Gasteiger charge is -2.28. The van der Waals surface area contributed by atoms with Gasteiger partial charge >= 0.3 is 0 Å². The van der Waals surface area contributed by atoms with Crippen LogP contribution in [0.15, 0.2) is 36.4 Å². The van der Waals surface area contributed by atoms with Gasteiger partial charge in [-0.1, -0.05) is 36.4 Å². The highest BCUT2D eigenvalue weighted by molar-refractivity contribution is 7.88. The molecule has 0 unspecified atom stereocenters. The third-order valence-corrected chi connectivity index (χ3v) is 4.52. The first-order chi connectivity index (χ1) is 9.38. The average molecular weight is 290 g/mol. The molecule has 0 spiro atoms. The van der Waals surface area contributed by atoms with Crippen LogP contribution in [0.4, 0.5) is 0 Å². The Kier molecular flexibility index (Phi) is 3.08. The normalized spacial score (nSPS) is 21.8. The summed E-state index contributed by atoms with van der Waals surface area (Å²) in [4.78, 5) is 2.07. The Morgan fingerprint density at radius 2 is 1.65 bits per heavy atom. The molecular weight excluding hydrogens is 272 g/mol. The molecule has 0 bridgehead atoms. The highest BCUT2D eigenvalue weighted by Gasteiger charge is 2.37. The van der Waals surface area contributed by atoms with Crippen LogP contribution in [0.5, 0.6) is 0 Å². The molecule has 2 aromatic carbocycles. The van der Waals surface area contributed by atoms with Crippen LogP contribution in [-0.2, 0) is 10.0 Å². The maximum atomic E-state index is 11.7. The van der Waals surface area contributed by atoms with Crippen molar-refractivity contribution in [1.82, 2.24) is 9.62 Å². The molecule has 2 atom stereocenters. The van der Waals surface area contributed by atoms with E-state index in [1.165, 1.54) is 17.2 Å². The van der Waals surface area contributed by atoms with Crippen LogP contribution in [-0.4, -0.2) is 33.7 Å². The Morgan fingerprint density at radius 1 is 1.05 bits per heavy atom. The van der Waals surface area contributed by atoms with Crippen LogP contribution >= 0.6 is 0 Å². The van der Waals surface area contributed by atoms with Crippen molar-refractivity contribution in [2.45, 2.75) is 12.1 Å². The fourth-order valence-corrected chi connectivity index (χ4v) is 3.91. The zero-order valence-corrected chi connectivity index (χ0v) is 12.6. The van der Waals surface area contributed by atoms with E-state index in [0.717, 1.165) is 10.9 Å². The summed E-state index contributed by atoms with van der Waals surface area (Å²) in [6.45, 7) is 0. The minimum absolute atomic E-state index is 0.0193. The van der Waals surface area contributed by atoms with E-state index in [1.54, 1.807) is 0 Å². The van der Waals surface area contributed by atoms with E-state index in [9.17, 15) is 8.42 Å². The van der Waals surface area contributed by atoms with Gasteiger partial charge in [0.15, 0.2) is 0 Å². The van der Waals surface area contributed by atoms with Crippen molar-refractivity contribution in [2.75, 3.05) is 20.4 Å². The second kappa shape index (κ2) is 4.55. The van der Waals surface area contributed by atoms with E-state index in [4.69, 9.17) is 0 Å². The highest BCUT2D eigenvalue weighted by Crippen LogP contribution is 2.46. The first-order valence-electron chi connectivity index (χ1n) is 6.54. The van der Waals surface area contributed by atoms with Crippen molar-refractivity contribution in [3.8, 4) is 0 Å². The van der Waals surface area contributed by atoms with Gasteiger partial charge in [0.2, 0.25) is 10.0 Å². The molecule has 0 radical (unpaired) electrons. The summed E-state index contributed by atoms with van der Waals surface area (Å²) in [6, 6.07) is 12.0. The zero-order chi connectivity index (χ0) is 14.5. The molecule has 5 heteroatoms. The number of rotatable bonds is 3. The topological polar surface area (TPSA) is 49.4 Å². The molecule has 4 nitrogen and oxygen atoms in total. The second-order valence-electron chi connectivity index (χ2n) is 5.57. The number of nitrogens with one attached hydrogen (secondary N) is 1. The zero-order valence-electron chi connectivity index (χ0n) is 11.8. The molecule has 0 amide bonds. The standard InChI is InChI=1S/C15H18N2O2S/c1-17(2)15-12-9-5-7-10-6-4-8-11(13(10)12)14(15)16-20(3,18)19/h4-9,14-16H,1-3H3/t14-,15+/m0/s1. The minimum atomic E-state index is -3.27. The number of benzene rings is 2. The number of hydrogen-bond donors (Lipinski definition) is 1. The van der Waals surface area contributed by atoms with Gasteiger partial charge in [-0.3, -0.25) is 0 Å². The molecule has 0 fully saturated rings. The number of nitrogens with zero attached hydrogens (tertiary/aromatic N) is 1. The lowest BCUT2D eigenvalue weighted by atomic mass is 10.0. The summed E-state index contributed by atoms with van der Waals surface area (Å²) in [5.41, 5.74) is 2.24. The van der Waals surface area contributed by atoms with Crippen molar-refractivity contribution >= 4 is 20.8 Å². The lowest BCUT2D eigenvalue weighted by Crippen LogP contribution is -2.35. The van der Waals surface area contributed by atoms with Gasteiger partial charge in [0.05, 0.1) is 18.3 Å². The van der Waals surface area contributed by atoms with Gasteiger partial charge < -0.3 is 4.90 Å². The molecule has 1 aliphatic rings. The van der Waals surface area contributed by atoms with Gasteiger partial charge in [-0.2, -0.15) is 0 Å². The second-order valence-corrected chi connectivity index (χ2v) is 7.35. The SMILES string of the molecule is CN(C)[C@@H]1c2cccc3cccc(c23)[C@@H]1NS(C)(=O)=O. The van der Waals surface area contributed by atoms with Crippen molar-refractivity contribution in [3.63, 3.8) is 0 Å². The van der Waals surface area contributed by atoms with E-state index >= 15 is 0 Å². The van der Waals surface area contributed by atoms with Crippen molar-refractivity contribution in [2.24, 2.45) is 0 Å². The Hall–Kier alpha value is -1.43. The summed E-state index contributed by atoms with van der Waals surface area (Å²) in [7, 11) is 0.692. The molecule has 1 aliphatic carbocycles. The summed E-state index contributed by atoms with van der Waals surface area (Å²) in [5, 5.41) is 2.33. The summed E-state index contributed by atoms with van der Waals surface area (Å²) in [6.07, 6.45) is 1.21. The first-order valence-corrected chi connectivity index (χ1v) is 8.43. The fourth-order valence-electron chi connectivity index (χ4n) is 3.19. The minimum Gasteiger partial charge on any atom is -0.301 e. The quantitative estimate of drug-likeness (QED) is 0.941. The molecule has 20 heavy (non-hydrogen) atoms. The van der Waals surface area contributed by atoms with E-state index in [-0.39, 0.29) is 12.1 Å². The van der Waals surface area contributed by atoms with E-state index in [2.05, 4.69) is 27.8 Å². The van der Waals surface area contributed by atoms with E-state index < -0.39 is 10.0 Å². The molecule has 0 aliphatic heterocycles. The maximum absolute atomic E-state index is 11.7. The van der Waals surface area contributed by atoms with E-state index in [0.29, 0.717) is 0 Å². The molecule has 1 N–H and O–H groups in total. The largest absolute Gasteiger partial charge is 0.301 e. The molecule has 2 aromatic rings. The maximum Gasteiger partial charge on any atom is 0.209 e. The number of sulfonamides is 1. The fraction of sp³-hybridized carbons (Fsp3) is 0.333. The Labute approximate surface area is 119 Å². The third-order valence-electron chi connectivity index (χ3n) is 3.84. The molecule has 106 valence electrons. The van der Waals surface area contributed by atoms with Crippen LogP contribution in [0.25, 0.3) is 10.8 Å². The molecule has 0 saturated carbocycles. The third kappa shape index (κ3) is 2.12. The molecule has 0 aromatic heterocycles. The Morgan fingerprint density at radius 3 is 2.20 bits per heavy atom. The predicted molar refractivity (Wildman–Crippen MR) is 81.1 cm³/mol. The lowest BCUT2D eigenvalue weighted by molar-refractivity contribution is 0.258. The van der Waals surface area contributed by atoms with Crippen LogP contribution in [0.3, 0.4) is 0 Å². The van der Waals surface area contributed by atoms with Gasteiger partial charge in [0, 0.05) is 0 Å². The van der Waals surface area contributed by atoms with Gasteiger partial charge in [0.1, 0.15) is 0 Å². The van der Waals surface area contributed by atoms with Crippen LogP contribution in [0.2, 0.25) is 0 Å². The smallest absolute Gasteiger partial charge is 0.209 e. The van der Waals surface area contributed by atoms with Crippen molar-refractivity contribution in [1.29, 1.82) is 0 Å². The van der Waals surface area contributed by atoms with Gasteiger partial charge in [-0.15, -0.1) is 0 Å². The molecular formula is C15H18N2O2S. The molecule has 0 saturated heterocycles. The van der Waals surface area contributed by atoms with Gasteiger partial charge in [0.25, 0.3) is 0 Å². The Bertz CT molecular complexity index is 763. The van der Waals surface area contributed by atoms with E-state index in [1.807, 2.05) is 32.3 Å². The van der Waals surface area contributed by atoms with Gasteiger partial charge in [-0.05, 0) is 36.0 Å². The predicted octanol–water partition coefficient (Wildman–Crippen LogP) is 2.05.